The molecule has 0 bridgehead atoms. The zero-order valence-corrected chi connectivity index (χ0v) is 28.0. The lowest BCUT2D eigenvalue weighted by Gasteiger charge is -2.34. The lowest BCUT2D eigenvalue weighted by Crippen LogP contribution is -2.41. The van der Waals surface area contributed by atoms with Crippen LogP contribution in [0, 0.1) is 23.0 Å². The second kappa shape index (κ2) is 11.2. The number of fused-ring (bicyclic) bond motifs is 3. The molecule has 2 unspecified atom stereocenters. The third-order valence-electron chi connectivity index (χ3n) is 10.6. The summed E-state index contributed by atoms with van der Waals surface area (Å²) in [6.45, 7) is 4.63. The molecular formula is C36H40F2N6O4. The number of aryl methyl sites for hydroxylation is 1. The summed E-state index contributed by atoms with van der Waals surface area (Å²) in [7, 11) is 7.24. The molecule has 252 valence electrons. The van der Waals surface area contributed by atoms with Gasteiger partial charge >= 0.3 is 12.1 Å². The molecule has 8 rings (SSSR count). The number of ether oxygens (including phenoxy) is 3. The fraction of sp³-hybridized carbons (Fsp3) is 0.500. The van der Waals surface area contributed by atoms with Gasteiger partial charge in [0.25, 0.3) is 0 Å². The second-order valence-electron chi connectivity index (χ2n) is 14.4. The summed E-state index contributed by atoms with van der Waals surface area (Å²) in [6, 6.07) is 6.47. The van der Waals surface area contributed by atoms with Gasteiger partial charge in [0.15, 0.2) is 5.82 Å². The first kappa shape index (κ1) is 31.1. The van der Waals surface area contributed by atoms with Crippen LogP contribution >= 0.6 is 0 Å². The second-order valence-corrected chi connectivity index (χ2v) is 14.4. The van der Waals surface area contributed by atoms with E-state index in [1.54, 1.807) is 38.5 Å². The minimum atomic E-state index is -0.680. The Hall–Kier alpha value is -4.16. The van der Waals surface area contributed by atoms with Gasteiger partial charge in [0.2, 0.25) is 0 Å². The number of piperidine rings is 1. The van der Waals surface area contributed by atoms with Crippen molar-refractivity contribution in [2.45, 2.75) is 50.7 Å². The smallest absolute Gasteiger partial charge is 0.414 e. The monoisotopic (exact) mass is 658 g/mol. The molecule has 0 N–H and O–H groups in total. The molecule has 4 heterocycles. The van der Waals surface area contributed by atoms with Crippen molar-refractivity contribution in [1.82, 2.24) is 24.8 Å². The number of nitrogens with zero attached hydrogens (tertiary/aromatic N) is 6. The van der Waals surface area contributed by atoms with Crippen molar-refractivity contribution in [2.75, 3.05) is 59.4 Å². The number of anilines is 1. The van der Waals surface area contributed by atoms with Gasteiger partial charge in [-0.15, -0.1) is 0 Å². The van der Waals surface area contributed by atoms with Crippen LogP contribution in [0.3, 0.4) is 0 Å². The molecule has 2 aromatic heterocycles. The number of pyridine rings is 1. The van der Waals surface area contributed by atoms with Gasteiger partial charge in [0, 0.05) is 50.3 Å². The maximum Gasteiger partial charge on any atom is 0.414 e. The van der Waals surface area contributed by atoms with Gasteiger partial charge < -0.3 is 28.9 Å². The van der Waals surface area contributed by atoms with Crippen LogP contribution in [0.1, 0.15) is 38.2 Å². The predicted octanol–water partition coefficient (Wildman–Crippen LogP) is 5.83. The summed E-state index contributed by atoms with van der Waals surface area (Å²) < 4.78 is 50.3. The molecule has 0 radical (unpaired) electrons. The Morgan fingerprint density at radius 1 is 1.12 bits per heavy atom. The first-order chi connectivity index (χ1) is 23.0. The Morgan fingerprint density at radius 3 is 2.62 bits per heavy atom. The summed E-state index contributed by atoms with van der Waals surface area (Å²) >= 11 is 0. The van der Waals surface area contributed by atoms with Gasteiger partial charge in [-0.2, -0.15) is 9.97 Å². The van der Waals surface area contributed by atoms with Crippen molar-refractivity contribution in [2.24, 2.45) is 11.3 Å². The van der Waals surface area contributed by atoms with Gasteiger partial charge in [0.05, 0.1) is 30.2 Å². The highest BCUT2D eigenvalue weighted by Crippen LogP contribution is 2.63. The highest BCUT2D eigenvalue weighted by Gasteiger charge is 2.76. The Labute approximate surface area is 278 Å². The number of aromatic nitrogens is 3. The molecule has 48 heavy (non-hydrogen) atoms. The van der Waals surface area contributed by atoms with Crippen LogP contribution in [0.4, 0.5) is 19.4 Å². The maximum atomic E-state index is 17.1. The van der Waals surface area contributed by atoms with E-state index in [4.69, 9.17) is 19.2 Å². The van der Waals surface area contributed by atoms with Crippen molar-refractivity contribution in [1.29, 1.82) is 0 Å². The molecule has 3 atom stereocenters. The first-order valence-electron chi connectivity index (χ1n) is 16.7. The fourth-order valence-electron chi connectivity index (χ4n) is 8.01. The SMILES string of the molecule is CCc1c(F)ccc2cc(OC(=O)N(C)C)cc(-c3ncc4c(N5CCC[C@]67OCC6C57)nc(OCC5(CN(C)C)CC5)nc4c3F)c12. The van der Waals surface area contributed by atoms with Gasteiger partial charge in [-0.25, -0.2) is 13.6 Å². The average Bonchev–Trinajstić information content (AvgIpc) is 3.92. The van der Waals surface area contributed by atoms with E-state index in [1.165, 1.54) is 11.0 Å². The largest absolute Gasteiger partial charge is 0.463 e. The topological polar surface area (TPSA) is 93.2 Å². The number of rotatable bonds is 9. The van der Waals surface area contributed by atoms with E-state index in [9.17, 15) is 4.79 Å². The van der Waals surface area contributed by atoms with E-state index >= 15 is 8.78 Å². The molecule has 4 aromatic rings. The summed E-state index contributed by atoms with van der Waals surface area (Å²) in [6.07, 6.45) is 5.40. The molecule has 4 aliphatic rings. The highest BCUT2D eigenvalue weighted by atomic mass is 19.1. The minimum Gasteiger partial charge on any atom is -0.463 e. The normalized spacial score (nSPS) is 23.5. The lowest BCUT2D eigenvalue weighted by atomic mass is 9.94. The van der Waals surface area contributed by atoms with E-state index in [2.05, 4.69) is 19.8 Å². The van der Waals surface area contributed by atoms with E-state index in [1.807, 2.05) is 21.0 Å². The number of carbonyl (C=O) groups excluding carboxylic acids is 1. The van der Waals surface area contributed by atoms with E-state index in [-0.39, 0.29) is 40.0 Å². The first-order valence-corrected chi connectivity index (χ1v) is 16.7. The van der Waals surface area contributed by atoms with Crippen LogP contribution in [0.2, 0.25) is 0 Å². The molecule has 2 saturated carbocycles. The maximum absolute atomic E-state index is 17.1. The van der Waals surface area contributed by atoms with Crippen LogP contribution in [-0.4, -0.2) is 97.0 Å². The Balaban J connectivity index is 1.29. The molecule has 2 saturated heterocycles. The van der Waals surface area contributed by atoms with Crippen molar-refractivity contribution >= 4 is 33.6 Å². The molecule has 2 aliphatic heterocycles. The van der Waals surface area contributed by atoms with E-state index in [0.717, 1.165) is 45.4 Å². The Kier molecular flexibility index (Phi) is 7.26. The van der Waals surface area contributed by atoms with Crippen LogP contribution < -0.4 is 14.4 Å². The molecule has 1 amide bonds. The van der Waals surface area contributed by atoms with Crippen molar-refractivity contribution in [3.8, 4) is 23.0 Å². The molecule has 10 nitrogen and oxygen atoms in total. The Morgan fingerprint density at radius 2 is 1.94 bits per heavy atom. The number of hydrogen-bond acceptors (Lipinski definition) is 9. The predicted molar refractivity (Wildman–Crippen MR) is 178 cm³/mol. The van der Waals surface area contributed by atoms with Gasteiger partial charge in [-0.1, -0.05) is 13.0 Å². The van der Waals surface area contributed by atoms with Gasteiger partial charge in [0.1, 0.15) is 28.6 Å². The average molecular weight is 659 g/mol. The summed E-state index contributed by atoms with van der Waals surface area (Å²) in [5, 5.41) is 1.57. The van der Waals surface area contributed by atoms with Crippen molar-refractivity contribution in [3.63, 3.8) is 0 Å². The van der Waals surface area contributed by atoms with E-state index in [0.29, 0.717) is 52.0 Å². The van der Waals surface area contributed by atoms with Crippen molar-refractivity contribution < 1.29 is 27.8 Å². The third kappa shape index (κ3) is 4.94. The van der Waals surface area contributed by atoms with Crippen LogP contribution in [0.25, 0.3) is 32.9 Å². The number of amides is 1. The summed E-state index contributed by atoms with van der Waals surface area (Å²) in [5.74, 6) is 0.129. The Bertz CT molecular complexity index is 1970. The molecule has 4 fully saturated rings. The number of hydrogen-bond donors (Lipinski definition) is 0. The quantitative estimate of drug-likeness (QED) is 0.220. The third-order valence-corrected chi connectivity index (χ3v) is 10.6. The molecular weight excluding hydrogens is 618 g/mol. The molecule has 2 aromatic carbocycles. The lowest BCUT2D eigenvalue weighted by molar-refractivity contribution is -0.0728. The molecule has 12 heteroatoms. The van der Waals surface area contributed by atoms with Crippen LogP contribution in [-0.2, 0) is 11.2 Å². The van der Waals surface area contributed by atoms with Crippen LogP contribution in [0.5, 0.6) is 11.8 Å². The minimum absolute atomic E-state index is 0.0204. The zero-order chi connectivity index (χ0) is 33.5. The zero-order valence-electron chi connectivity index (χ0n) is 28.0. The number of benzene rings is 2. The van der Waals surface area contributed by atoms with Gasteiger partial charge in [-0.05, 0) is 80.7 Å². The molecule has 1 spiro atoms. The molecule has 2 aliphatic carbocycles. The summed E-state index contributed by atoms with van der Waals surface area (Å²) in [4.78, 5) is 32.4. The van der Waals surface area contributed by atoms with E-state index < -0.39 is 17.7 Å². The fourth-order valence-corrected chi connectivity index (χ4v) is 8.01. The number of carbonyl (C=O) groups is 1. The highest BCUT2D eigenvalue weighted by molar-refractivity contribution is 6.02. The standard InChI is InChI=1S/C36H40F2N6O4/c1-6-22-26(37)9-8-20-14-21(48-34(45)43(4)5)15-23(27(20)22)29-28(38)30-24(16-39-29)32(44-13-7-10-36-25(17-47-36)31(36)44)41-33(40-30)46-19-35(11-12-35)18-42(2)3/h8-9,14-16,25,31H,6-7,10-13,17-19H2,1-5H3/t25?,31?,36-/m0/s1. The van der Waals surface area contributed by atoms with Crippen LogP contribution in [0.15, 0.2) is 30.5 Å². The van der Waals surface area contributed by atoms with Crippen molar-refractivity contribution in [3.05, 3.63) is 47.7 Å². The number of halogens is 2. The summed E-state index contributed by atoms with van der Waals surface area (Å²) in [5.41, 5.74) is 0.649. The van der Waals surface area contributed by atoms with Gasteiger partial charge in [-0.3, -0.25) is 4.98 Å².